The van der Waals surface area contributed by atoms with Crippen LogP contribution in [0.5, 0.6) is 0 Å². The molecule has 0 aliphatic heterocycles. The van der Waals surface area contributed by atoms with Crippen molar-refractivity contribution in [2.75, 3.05) is 0 Å². The van der Waals surface area contributed by atoms with Gasteiger partial charge in [-0.3, -0.25) is 0 Å². The zero-order valence-corrected chi connectivity index (χ0v) is 13.7. The summed E-state index contributed by atoms with van der Waals surface area (Å²) < 4.78 is 0. The maximum absolute atomic E-state index is 11.9. The van der Waals surface area contributed by atoms with Gasteiger partial charge < -0.3 is 10.8 Å². The molecule has 1 aromatic rings. The van der Waals surface area contributed by atoms with Gasteiger partial charge in [0.15, 0.2) is 0 Å². The highest BCUT2D eigenvalue weighted by atomic mass is 16.3. The minimum absolute atomic E-state index is 0.250. The van der Waals surface area contributed by atoms with Gasteiger partial charge in [0.1, 0.15) is 0 Å². The molecule has 22 heavy (non-hydrogen) atoms. The van der Waals surface area contributed by atoms with Gasteiger partial charge in [0.05, 0.1) is 11.6 Å². The zero-order chi connectivity index (χ0) is 15.4. The molecule has 0 unspecified atom stereocenters. The Labute approximate surface area is 135 Å². The third-order valence-corrected chi connectivity index (χ3v) is 6.18. The molecule has 0 amide bonds. The Hall–Kier alpha value is -0.860. The lowest BCUT2D eigenvalue weighted by Crippen LogP contribution is -2.54. The van der Waals surface area contributed by atoms with Crippen molar-refractivity contribution in [3.8, 4) is 0 Å². The van der Waals surface area contributed by atoms with Crippen LogP contribution in [0.1, 0.15) is 75.8 Å². The molecule has 0 aromatic heterocycles. The molecule has 0 bridgehead atoms. The Morgan fingerprint density at radius 2 is 1.27 bits per heavy atom. The van der Waals surface area contributed by atoms with Crippen LogP contribution in [0, 0.1) is 11.8 Å². The predicted octanol–water partition coefficient (Wildman–Crippen LogP) is 4.58. The Kier molecular flexibility index (Phi) is 5.20. The van der Waals surface area contributed by atoms with Gasteiger partial charge in [0.2, 0.25) is 0 Å². The molecule has 1 aromatic carbocycles. The van der Waals surface area contributed by atoms with Crippen molar-refractivity contribution >= 4 is 0 Å². The molecule has 2 heteroatoms. The van der Waals surface area contributed by atoms with Crippen molar-refractivity contribution in [2.24, 2.45) is 17.6 Å². The van der Waals surface area contributed by atoms with Gasteiger partial charge in [0.25, 0.3) is 0 Å². The van der Waals surface area contributed by atoms with Gasteiger partial charge >= 0.3 is 0 Å². The highest BCUT2D eigenvalue weighted by Gasteiger charge is 2.48. The largest absolute Gasteiger partial charge is 0.387 e. The Bertz CT molecular complexity index is 428. The van der Waals surface area contributed by atoms with Crippen LogP contribution in [0.25, 0.3) is 0 Å². The minimum Gasteiger partial charge on any atom is -0.387 e. The molecule has 2 saturated carbocycles. The van der Waals surface area contributed by atoms with E-state index in [4.69, 9.17) is 5.73 Å². The first kappa shape index (κ1) is 16.0. The van der Waals surface area contributed by atoms with Gasteiger partial charge in [-0.05, 0) is 43.1 Å². The SMILES string of the molecule is N[C@H](c1ccccc1)C(O)(C1CCCCC1)C1CCCCC1. The molecule has 0 spiro atoms. The summed E-state index contributed by atoms with van der Waals surface area (Å²) in [6.45, 7) is 0. The van der Waals surface area contributed by atoms with Crippen molar-refractivity contribution in [1.29, 1.82) is 0 Å². The summed E-state index contributed by atoms with van der Waals surface area (Å²) >= 11 is 0. The maximum atomic E-state index is 11.9. The summed E-state index contributed by atoms with van der Waals surface area (Å²) in [6, 6.07) is 10.0. The van der Waals surface area contributed by atoms with Crippen LogP contribution < -0.4 is 5.73 Å². The number of hydrogen-bond donors (Lipinski definition) is 2. The van der Waals surface area contributed by atoms with Gasteiger partial charge in [0, 0.05) is 0 Å². The van der Waals surface area contributed by atoms with Crippen LogP contribution >= 0.6 is 0 Å². The first-order chi connectivity index (χ1) is 10.7. The lowest BCUT2D eigenvalue weighted by atomic mass is 9.62. The monoisotopic (exact) mass is 301 g/mol. The molecular formula is C20H31NO. The van der Waals surface area contributed by atoms with Gasteiger partial charge in [-0.2, -0.15) is 0 Å². The minimum atomic E-state index is -0.720. The van der Waals surface area contributed by atoms with Crippen LogP contribution in [-0.4, -0.2) is 10.7 Å². The average Bonchev–Trinajstić information content (AvgIpc) is 2.62. The topological polar surface area (TPSA) is 46.2 Å². The number of aliphatic hydroxyl groups is 1. The van der Waals surface area contributed by atoms with Gasteiger partial charge in [-0.25, -0.2) is 0 Å². The summed E-state index contributed by atoms with van der Waals surface area (Å²) in [5, 5.41) is 11.9. The molecule has 2 aliphatic rings. The Morgan fingerprint density at radius 3 is 1.73 bits per heavy atom. The van der Waals surface area contributed by atoms with E-state index in [1.54, 1.807) is 0 Å². The smallest absolute Gasteiger partial charge is 0.0895 e. The van der Waals surface area contributed by atoms with E-state index in [1.165, 1.54) is 38.5 Å². The van der Waals surface area contributed by atoms with E-state index < -0.39 is 5.60 Å². The standard InChI is InChI=1S/C20H31NO/c21-19(16-10-4-1-5-11-16)20(22,17-12-6-2-7-13-17)18-14-8-3-9-15-18/h1,4-5,10-11,17-19,22H,2-3,6-9,12-15,21H2/t19-/m1/s1. The second-order valence-corrected chi connectivity index (χ2v) is 7.45. The van der Waals surface area contributed by atoms with Crippen LogP contribution in [0.2, 0.25) is 0 Å². The van der Waals surface area contributed by atoms with Gasteiger partial charge in [-0.15, -0.1) is 0 Å². The quantitative estimate of drug-likeness (QED) is 0.855. The van der Waals surface area contributed by atoms with Crippen LogP contribution in [0.4, 0.5) is 0 Å². The summed E-state index contributed by atoms with van der Waals surface area (Å²) in [6.07, 6.45) is 12.2. The van der Waals surface area contributed by atoms with Crippen LogP contribution in [0.3, 0.4) is 0 Å². The summed E-state index contributed by atoms with van der Waals surface area (Å²) in [5.74, 6) is 0.749. The molecule has 0 heterocycles. The molecular weight excluding hydrogens is 270 g/mol. The molecule has 2 fully saturated rings. The lowest BCUT2D eigenvalue weighted by molar-refractivity contribution is -0.111. The fourth-order valence-corrected chi connectivity index (χ4v) is 4.90. The van der Waals surface area contributed by atoms with Crippen molar-refractivity contribution in [3.05, 3.63) is 35.9 Å². The first-order valence-electron chi connectivity index (χ1n) is 9.26. The number of benzene rings is 1. The summed E-state index contributed by atoms with van der Waals surface area (Å²) in [4.78, 5) is 0. The maximum Gasteiger partial charge on any atom is 0.0895 e. The van der Waals surface area contributed by atoms with Crippen molar-refractivity contribution < 1.29 is 5.11 Å². The van der Waals surface area contributed by atoms with E-state index in [9.17, 15) is 5.11 Å². The molecule has 3 N–H and O–H groups in total. The van der Waals surface area contributed by atoms with Crippen LogP contribution in [0.15, 0.2) is 30.3 Å². The van der Waals surface area contributed by atoms with Crippen molar-refractivity contribution in [1.82, 2.24) is 0 Å². The Morgan fingerprint density at radius 1 is 0.818 bits per heavy atom. The van der Waals surface area contributed by atoms with E-state index in [0.717, 1.165) is 31.2 Å². The molecule has 2 aliphatic carbocycles. The third kappa shape index (κ3) is 3.09. The molecule has 3 rings (SSSR count). The normalized spacial score (nSPS) is 23.4. The second kappa shape index (κ2) is 7.14. The number of hydrogen-bond acceptors (Lipinski definition) is 2. The number of nitrogens with two attached hydrogens (primary N) is 1. The first-order valence-corrected chi connectivity index (χ1v) is 9.26. The average molecular weight is 301 g/mol. The molecule has 122 valence electrons. The van der Waals surface area contributed by atoms with E-state index >= 15 is 0 Å². The highest BCUT2D eigenvalue weighted by Crippen LogP contribution is 2.48. The van der Waals surface area contributed by atoms with Gasteiger partial charge in [-0.1, -0.05) is 68.9 Å². The second-order valence-electron chi connectivity index (χ2n) is 7.45. The van der Waals surface area contributed by atoms with E-state index in [1.807, 2.05) is 18.2 Å². The fourth-order valence-electron chi connectivity index (χ4n) is 4.90. The van der Waals surface area contributed by atoms with Crippen LogP contribution in [-0.2, 0) is 0 Å². The Balaban J connectivity index is 1.90. The number of rotatable bonds is 4. The molecule has 2 nitrogen and oxygen atoms in total. The molecule has 0 saturated heterocycles. The van der Waals surface area contributed by atoms with E-state index in [0.29, 0.717) is 11.8 Å². The third-order valence-electron chi connectivity index (χ3n) is 6.18. The summed E-state index contributed by atoms with van der Waals surface area (Å²) in [7, 11) is 0. The van der Waals surface area contributed by atoms with Crippen molar-refractivity contribution in [3.63, 3.8) is 0 Å². The fraction of sp³-hybridized carbons (Fsp3) is 0.700. The van der Waals surface area contributed by atoms with E-state index in [-0.39, 0.29) is 6.04 Å². The molecule has 1 atom stereocenters. The zero-order valence-electron chi connectivity index (χ0n) is 13.7. The summed E-state index contributed by atoms with van der Waals surface area (Å²) in [5.41, 5.74) is 7.06. The lowest BCUT2D eigenvalue weighted by Gasteiger charge is -2.49. The highest BCUT2D eigenvalue weighted by molar-refractivity contribution is 5.23. The van der Waals surface area contributed by atoms with Crippen molar-refractivity contribution in [2.45, 2.75) is 75.9 Å². The molecule has 0 radical (unpaired) electrons. The predicted molar refractivity (Wildman–Crippen MR) is 91.5 cm³/mol. The van der Waals surface area contributed by atoms with E-state index in [2.05, 4.69) is 12.1 Å².